The molecule has 0 spiro atoms. The van der Waals surface area contributed by atoms with Crippen molar-refractivity contribution in [2.45, 2.75) is 64.1 Å². The Morgan fingerprint density at radius 1 is 1.19 bits per heavy atom. The van der Waals surface area contributed by atoms with E-state index in [1.54, 1.807) is 0 Å². The van der Waals surface area contributed by atoms with Gasteiger partial charge in [-0.3, -0.25) is 9.79 Å². The lowest BCUT2D eigenvalue weighted by atomic mass is 9.88. The second-order valence-electron chi connectivity index (χ2n) is 6.87. The normalized spacial score (nSPS) is 22.1. The smallest absolute Gasteiger partial charge is 0.357 e. The van der Waals surface area contributed by atoms with Crippen molar-refractivity contribution in [3.05, 3.63) is 0 Å². The van der Waals surface area contributed by atoms with Crippen LogP contribution in [0.2, 0.25) is 0 Å². The maximum absolute atomic E-state index is 12.6. The van der Waals surface area contributed by atoms with Crippen molar-refractivity contribution in [1.82, 2.24) is 15.5 Å². The SMILES string of the molecule is CCNC(=NCCC(F)(F)F)NC1CCN(C(=O)C2CCCCC2)C1.I. The minimum Gasteiger partial charge on any atom is -0.357 e. The molecule has 0 aromatic heterocycles. The van der Waals surface area contributed by atoms with Gasteiger partial charge in [0.15, 0.2) is 5.96 Å². The summed E-state index contributed by atoms with van der Waals surface area (Å²) in [7, 11) is 0. The molecule has 1 amide bonds. The number of rotatable bonds is 5. The minimum atomic E-state index is -4.20. The van der Waals surface area contributed by atoms with E-state index in [2.05, 4.69) is 15.6 Å². The van der Waals surface area contributed by atoms with Crippen molar-refractivity contribution in [2.24, 2.45) is 10.9 Å². The molecule has 0 aromatic carbocycles. The molecule has 1 unspecified atom stereocenters. The second kappa shape index (κ2) is 11.2. The van der Waals surface area contributed by atoms with E-state index in [1.807, 2.05) is 11.8 Å². The quantitative estimate of drug-likeness (QED) is 0.354. The first kappa shape index (κ1) is 23.3. The third kappa shape index (κ3) is 7.87. The molecule has 1 saturated carbocycles. The van der Waals surface area contributed by atoms with Crippen LogP contribution in [0, 0.1) is 5.92 Å². The van der Waals surface area contributed by atoms with Crippen molar-refractivity contribution >= 4 is 35.8 Å². The fourth-order valence-electron chi connectivity index (χ4n) is 3.49. The summed E-state index contributed by atoms with van der Waals surface area (Å²) in [5.74, 6) is 0.785. The van der Waals surface area contributed by atoms with Crippen LogP contribution in [0.25, 0.3) is 0 Å². The van der Waals surface area contributed by atoms with Gasteiger partial charge >= 0.3 is 6.18 Å². The fourth-order valence-corrected chi connectivity index (χ4v) is 3.49. The van der Waals surface area contributed by atoms with Crippen LogP contribution in [0.3, 0.4) is 0 Å². The maximum Gasteiger partial charge on any atom is 0.390 e. The highest BCUT2D eigenvalue weighted by Gasteiger charge is 2.32. The molecular formula is C17H30F3IN4O. The van der Waals surface area contributed by atoms with Crippen LogP contribution < -0.4 is 10.6 Å². The molecule has 2 rings (SSSR count). The summed E-state index contributed by atoms with van der Waals surface area (Å²) in [6, 6.07) is 0.0382. The van der Waals surface area contributed by atoms with Crippen LogP contribution in [-0.4, -0.2) is 55.2 Å². The lowest BCUT2D eigenvalue weighted by Crippen LogP contribution is -2.45. The van der Waals surface area contributed by atoms with E-state index in [9.17, 15) is 18.0 Å². The highest BCUT2D eigenvalue weighted by atomic mass is 127. The Balaban J connectivity index is 0.00000338. The fraction of sp³-hybridized carbons (Fsp3) is 0.882. The van der Waals surface area contributed by atoms with Gasteiger partial charge in [0.05, 0.1) is 13.0 Å². The van der Waals surface area contributed by atoms with Crippen molar-refractivity contribution in [1.29, 1.82) is 0 Å². The predicted octanol–water partition coefficient (Wildman–Crippen LogP) is 3.29. The predicted molar refractivity (Wildman–Crippen MR) is 107 cm³/mol. The molecule has 1 aliphatic heterocycles. The molecule has 1 atom stereocenters. The van der Waals surface area contributed by atoms with Gasteiger partial charge in [-0.1, -0.05) is 19.3 Å². The van der Waals surface area contributed by atoms with E-state index in [-0.39, 0.29) is 48.4 Å². The number of carbonyl (C=O) groups is 1. The van der Waals surface area contributed by atoms with Gasteiger partial charge in [0, 0.05) is 31.6 Å². The number of aliphatic imine (C=N–C) groups is 1. The van der Waals surface area contributed by atoms with E-state index in [0.29, 0.717) is 25.6 Å². The highest BCUT2D eigenvalue weighted by molar-refractivity contribution is 14.0. The lowest BCUT2D eigenvalue weighted by Gasteiger charge is -2.26. The van der Waals surface area contributed by atoms with E-state index in [1.165, 1.54) is 6.42 Å². The minimum absolute atomic E-state index is 0. The Hall–Kier alpha value is -0.740. The van der Waals surface area contributed by atoms with Gasteiger partial charge in [-0.15, -0.1) is 24.0 Å². The molecule has 9 heteroatoms. The number of hydrogen-bond acceptors (Lipinski definition) is 2. The van der Waals surface area contributed by atoms with E-state index in [4.69, 9.17) is 0 Å². The van der Waals surface area contributed by atoms with Crippen LogP contribution in [0.1, 0.15) is 51.9 Å². The standard InChI is InChI=1S/C17H29F3N4O.HI/c1-2-21-16(22-10-9-17(18,19)20)23-14-8-11-24(12-14)15(25)13-6-4-3-5-7-13;/h13-14H,2-12H2,1H3,(H2,21,22,23);1H. The van der Waals surface area contributed by atoms with E-state index >= 15 is 0 Å². The first-order valence-electron chi connectivity index (χ1n) is 9.29. The number of amides is 1. The van der Waals surface area contributed by atoms with E-state index in [0.717, 1.165) is 32.1 Å². The summed E-state index contributed by atoms with van der Waals surface area (Å²) in [4.78, 5) is 18.5. The van der Waals surface area contributed by atoms with Crippen LogP contribution in [0.5, 0.6) is 0 Å². The third-order valence-corrected chi connectivity index (χ3v) is 4.80. The number of carbonyl (C=O) groups excluding carboxylic acids is 1. The molecular weight excluding hydrogens is 460 g/mol. The molecule has 1 saturated heterocycles. The van der Waals surface area contributed by atoms with E-state index < -0.39 is 12.6 Å². The Kier molecular flexibility index (Phi) is 10.0. The molecule has 2 aliphatic rings. The summed E-state index contributed by atoms with van der Waals surface area (Å²) in [5, 5.41) is 6.14. The van der Waals surface area contributed by atoms with Gasteiger partial charge < -0.3 is 15.5 Å². The zero-order valence-corrected chi connectivity index (χ0v) is 17.6. The summed E-state index contributed by atoms with van der Waals surface area (Å²) in [5.41, 5.74) is 0. The van der Waals surface area contributed by atoms with Crippen molar-refractivity contribution < 1.29 is 18.0 Å². The number of halogens is 4. The zero-order chi connectivity index (χ0) is 18.3. The Morgan fingerprint density at radius 3 is 2.50 bits per heavy atom. The summed E-state index contributed by atoms with van der Waals surface area (Å²) >= 11 is 0. The first-order valence-corrected chi connectivity index (χ1v) is 9.29. The number of likely N-dealkylation sites (tertiary alicyclic amines) is 1. The average molecular weight is 490 g/mol. The lowest BCUT2D eigenvalue weighted by molar-refractivity contribution is -0.135. The third-order valence-electron chi connectivity index (χ3n) is 4.80. The Bertz CT molecular complexity index is 467. The molecule has 2 N–H and O–H groups in total. The number of hydrogen-bond donors (Lipinski definition) is 2. The number of alkyl halides is 3. The van der Waals surface area contributed by atoms with Crippen LogP contribution in [-0.2, 0) is 4.79 Å². The maximum atomic E-state index is 12.6. The Morgan fingerprint density at radius 2 is 1.88 bits per heavy atom. The summed E-state index contributed by atoms with van der Waals surface area (Å²) in [6.45, 7) is 3.45. The molecule has 1 heterocycles. The molecule has 0 radical (unpaired) electrons. The van der Waals surface area contributed by atoms with Gasteiger partial charge in [-0.25, -0.2) is 0 Å². The van der Waals surface area contributed by atoms with Crippen LogP contribution >= 0.6 is 24.0 Å². The van der Waals surface area contributed by atoms with Gasteiger partial charge in [0.25, 0.3) is 0 Å². The molecule has 1 aliphatic carbocycles. The summed E-state index contributed by atoms with van der Waals surface area (Å²) < 4.78 is 36.8. The summed E-state index contributed by atoms with van der Waals surface area (Å²) in [6.07, 6.45) is 1.10. The topological polar surface area (TPSA) is 56.7 Å². The number of nitrogens with one attached hydrogen (secondary N) is 2. The highest BCUT2D eigenvalue weighted by Crippen LogP contribution is 2.26. The van der Waals surface area contributed by atoms with Crippen molar-refractivity contribution in [3.63, 3.8) is 0 Å². The first-order chi connectivity index (χ1) is 11.9. The van der Waals surface area contributed by atoms with Gasteiger partial charge in [0.2, 0.25) is 5.91 Å². The monoisotopic (exact) mass is 490 g/mol. The van der Waals surface area contributed by atoms with Crippen molar-refractivity contribution in [2.75, 3.05) is 26.2 Å². The number of nitrogens with zero attached hydrogens (tertiary/aromatic N) is 2. The van der Waals surface area contributed by atoms with Gasteiger partial charge in [-0.05, 0) is 26.2 Å². The largest absolute Gasteiger partial charge is 0.390 e. The molecule has 5 nitrogen and oxygen atoms in total. The van der Waals surface area contributed by atoms with Crippen LogP contribution in [0.4, 0.5) is 13.2 Å². The van der Waals surface area contributed by atoms with Gasteiger partial charge in [0.1, 0.15) is 0 Å². The second-order valence-corrected chi connectivity index (χ2v) is 6.87. The zero-order valence-electron chi connectivity index (χ0n) is 15.3. The number of guanidine groups is 1. The molecule has 0 aromatic rings. The van der Waals surface area contributed by atoms with Crippen molar-refractivity contribution in [3.8, 4) is 0 Å². The molecule has 0 bridgehead atoms. The molecule has 152 valence electrons. The molecule has 2 fully saturated rings. The van der Waals surface area contributed by atoms with Crippen LogP contribution in [0.15, 0.2) is 4.99 Å². The molecule has 26 heavy (non-hydrogen) atoms. The average Bonchev–Trinajstić information content (AvgIpc) is 3.02. The van der Waals surface area contributed by atoms with Gasteiger partial charge in [-0.2, -0.15) is 13.2 Å². The Labute approximate surface area is 170 Å².